The van der Waals surface area contributed by atoms with Gasteiger partial charge in [0.2, 0.25) is 0 Å². The minimum Gasteiger partial charge on any atom is -0.479 e. The highest BCUT2D eigenvalue weighted by Gasteiger charge is 2.53. The summed E-state index contributed by atoms with van der Waals surface area (Å²) in [5.74, 6) is -4.08. The summed E-state index contributed by atoms with van der Waals surface area (Å²) in [7, 11) is 0. The Kier molecular flexibility index (Phi) is 13.9. The standard InChI is InChI=1S/C31H50F3NO13/c1-3-16-10-7-11-17(25(16)48-29-24(40)23(39)21(37)14(2)44-29)46-28-20(35-30(43)31(32,33)34)26(22(38)19(13-36)47-28)45-18(27(41)42)12-15-8-5-4-6-9-15/h14-26,28-29,36-40H,3-13H2,1-2H3,(H,35,43)(H,41,42)/t14-,16?,17+,18-,19?,20?,21?,22-,23?,24-,25?,26?,28+,29?/m0/s1. The molecule has 4 aliphatic rings. The Morgan fingerprint density at radius 2 is 1.56 bits per heavy atom. The van der Waals surface area contributed by atoms with Gasteiger partial charge in [-0.3, -0.25) is 4.79 Å². The fraction of sp³-hybridized carbons (Fsp3) is 0.935. The average Bonchev–Trinajstić information content (AvgIpc) is 3.05. The van der Waals surface area contributed by atoms with Crippen LogP contribution < -0.4 is 5.32 Å². The second-order valence-corrected chi connectivity index (χ2v) is 13.4. The van der Waals surface area contributed by atoms with E-state index in [0.29, 0.717) is 19.3 Å². The monoisotopic (exact) mass is 701 g/mol. The lowest BCUT2D eigenvalue weighted by Gasteiger charge is -2.48. The number of carboxylic acid groups (broad SMARTS) is 1. The number of carbonyl (C=O) groups excluding carboxylic acids is 1. The normalized spacial score (nSPS) is 40.7. The summed E-state index contributed by atoms with van der Waals surface area (Å²) in [5.41, 5.74) is 0. The quantitative estimate of drug-likeness (QED) is 0.150. The van der Waals surface area contributed by atoms with E-state index in [1.165, 1.54) is 6.92 Å². The smallest absolute Gasteiger partial charge is 0.471 e. The molecular weight excluding hydrogens is 651 g/mol. The number of halogens is 3. The van der Waals surface area contributed by atoms with E-state index in [1.807, 2.05) is 6.92 Å². The van der Waals surface area contributed by atoms with Gasteiger partial charge in [-0.15, -0.1) is 0 Å². The Balaban J connectivity index is 1.63. The summed E-state index contributed by atoms with van der Waals surface area (Å²) in [6.07, 6.45) is -16.4. The molecule has 2 aliphatic heterocycles. The number of nitrogens with one attached hydrogen (secondary N) is 1. The molecule has 2 aliphatic carbocycles. The molecule has 278 valence electrons. The molecule has 2 saturated carbocycles. The first-order valence-electron chi connectivity index (χ1n) is 16.9. The molecule has 2 heterocycles. The maximum Gasteiger partial charge on any atom is 0.471 e. The van der Waals surface area contributed by atoms with Crippen LogP contribution in [0.2, 0.25) is 0 Å². The molecule has 8 unspecified atom stereocenters. The molecule has 14 atom stereocenters. The van der Waals surface area contributed by atoms with Crippen LogP contribution in [0.5, 0.6) is 0 Å². The van der Waals surface area contributed by atoms with Crippen LogP contribution in [-0.4, -0.2) is 135 Å². The van der Waals surface area contributed by atoms with Gasteiger partial charge >= 0.3 is 18.1 Å². The molecule has 48 heavy (non-hydrogen) atoms. The molecule has 0 aromatic carbocycles. The molecular formula is C31H50F3NO13. The largest absolute Gasteiger partial charge is 0.479 e. The molecule has 2 saturated heterocycles. The van der Waals surface area contributed by atoms with Crippen LogP contribution in [-0.2, 0) is 33.3 Å². The van der Waals surface area contributed by atoms with E-state index < -0.39 is 104 Å². The van der Waals surface area contributed by atoms with Crippen LogP contribution in [0.3, 0.4) is 0 Å². The van der Waals surface area contributed by atoms with Crippen molar-refractivity contribution in [2.24, 2.45) is 11.8 Å². The van der Waals surface area contributed by atoms with Crippen molar-refractivity contribution in [1.82, 2.24) is 5.32 Å². The number of carboxylic acids is 1. The number of hydrogen-bond donors (Lipinski definition) is 7. The summed E-state index contributed by atoms with van der Waals surface area (Å²) in [5, 5.41) is 64.0. The highest BCUT2D eigenvalue weighted by atomic mass is 19.4. The van der Waals surface area contributed by atoms with Crippen LogP contribution >= 0.6 is 0 Å². The van der Waals surface area contributed by atoms with Gasteiger partial charge in [0.05, 0.1) is 24.9 Å². The second kappa shape index (κ2) is 17.0. The molecule has 0 spiro atoms. The second-order valence-electron chi connectivity index (χ2n) is 13.4. The number of rotatable bonds is 12. The highest BCUT2D eigenvalue weighted by molar-refractivity contribution is 5.82. The Hall–Kier alpha value is -1.67. The molecule has 14 nitrogen and oxygen atoms in total. The lowest BCUT2D eigenvalue weighted by atomic mass is 9.82. The Labute approximate surface area is 276 Å². The van der Waals surface area contributed by atoms with Gasteiger partial charge in [-0.05, 0) is 38.0 Å². The predicted octanol–water partition coefficient (Wildman–Crippen LogP) is 0.728. The van der Waals surface area contributed by atoms with Crippen molar-refractivity contribution in [2.75, 3.05) is 6.61 Å². The number of amides is 1. The molecule has 4 fully saturated rings. The summed E-state index contributed by atoms with van der Waals surface area (Å²) >= 11 is 0. The molecule has 0 bridgehead atoms. The maximum atomic E-state index is 13.6. The first kappa shape index (κ1) is 39.1. The van der Waals surface area contributed by atoms with Crippen molar-refractivity contribution in [1.29, 1.82) is 0 Å². The molecule has 1 amide bonds. The average molecular weight is 702 g/mol. The number of alkyl halides is 3. The lowest BCUT2D eigenvalue weighted by Crippen LogP contribution is -2.68. The van der Waals surface area contributed by atoms with Gasteiger partial charge in [0.25, 0.3) is 0 Å². The molecule has 0 aromatic heterocycles. The maximum absolute atomic E-state index is 13.6. The minimum atomic E-state index is -5.37. The Morgan fingerprint density at radius 3 is 2.17 bits per heavy atom. The third kappa shape index (κ3) is 9.35. The summed E-state index contributed by atoms with van der Waals surface area (Å²) in [6, 6.07) is -1.89. The Morgan fingerprint density at radius 1 is 0.875 bits per heavy atom. The van der Waals surface area contributed by atoms with Gasteiger partial charge in [-0.25, -0.2) is 4.79 Å². The van der Waals surface area contributed by atoms with Crippen molar-refractivity contribution in [3.8, 4) is 0 Å². The van der Waals surface area contributed by atoms with E-state index >= 15 is 0 Å². The molecule has 4 rings (SSSR count). The number of carbonyl (C=O) groups is 2. The number of hydrogen-bond acceptors (Lipinski definition) is 12. The van der Waals surface area contributed by atoms with Gasteiger partial charge in [-0.1, -0.05) is 51.9 Å². The number of ether oxygens (including phenoxy) is 5. The molecule has 17 heteroatoms. The van der Waals surface area contributed by atoms with E-state index in [9.17, 15) is 53.4 Å². The molecule has 7 N–H and O–H groups in total. The van der Waals surface area contributed by atoms with Gasteiger partial charge in [0.1, 0.15) is 42.7 Å². The zero-order chi connectivity index (χ0) is 35.3. The third-order valence-electron chi connectivity index (χ3n) is 10.1. The van der Waals surface area contributed by atoms with Crippen molar-refractivity contribution >= 4 is 11.9 Å². The molecule has 0 radical (unpaired) electrons. The summed E-state index contributed by atoms with van der Waals surface area (Å²) < 4.78 is 70.3. The topological polar surface area (TPSA) is 214 Å². The van der Waals surface area contributed by atoms with Crippen molar-refractivity contribution in [2.45, 2.75) is 164 Å². The van der Waals surface area contributed by atoms with Gasteiger partial charge in [0, 0.05) is 0 Å². The minimum absolute atomic E-state index is 0.0219. The van der Waals surface area contributed by atoms with Gasteiger partial charge in [0.15, 0.2) is 18.7 Å². The van der Waals surface area contributed by atoms with E-state index in [0.717, 1.165) is 32.1 Å². The van der Waals surface area contributed by atoms with E-state index in [4.69, 9.17) is 23.7 Å². The van der Waals surface area contributed by atoms with Crippen LogP contribution in [0.25, 0.3) is 0 Å². The van der Waals surface area contributed by atoms with Crippen LogP contribution in [0.15, 0.2) is 0 Å². The summed E-state index contributed by atoms with van der Waals surface area (Å²) in [6.45, 7) is 2.50. The van der Waals surface area contributed by atoms with Crippen LogP contribution in [0, 0.1) is 11.8 Å². The van der Waals surface area contributed by atoms with E-state index in [2.05, 4.69) is 0 Å². The fourth-order valence-electron chi connectivity index (χ4n) is 7.31. The third-order valence-corrected chi connectivity index (χ3v) is 10.1. The van der Waals surface area contributed by atoms with E-state index in [1.54, 1.807) is 5.32 Å². The first-order valence-corrected chi connectivity index (χ1v) is 16.9. The van der Waals surface area contributed by atoms with Crippen LogP contribution in [0.1, 0.15) is 78.1 Å². The lowest BCUT2D eigenvalue weighted by molar-refractivity contribution is -0.337. The summed E-state index contributed by atoms with van der Waals surface area (Å²) in [4.78, 5) is 24.6. The predicted molar refractivity (Wildman–Crippen MR) is 157 cm³/mol. The number of aliphatic hydroxyl groups excluding tert-OH is 5. The zero-order valence-electron chi connectivity index (χ0n) is 27.1. The first-order chi connectivity index (χ1) is 22.7. The number of aliphatic carboxylic acids is 1. The SMILES string of the molecule is CCC1CCC[C@@H](O[C@@H]2OC(CO)[C@H](O)C(O[C@@H](CC3CCCCC3)C(=O)O)C2NC(=O)C(F)(F)F)C1OC1O[C@@H](C)C(O)C(O)[C@@H]1O. The van der Waals surface area contributed by atoms with Crippen molar-refractivity contribution in [3.05, 3.63) is 0 Å². The Bertz CT molecular complexity index is 1050. The van der Waals surface area contributed by atoms with Gasteiger partial charge in [-0.2, -0.15) is 13.2 Å². The fourth-order valence-corrected chi connectivity index (χ4v) is 7.31. The van der Waals surface area contributed by atoms with Crippen molar-refractivity contribution in [3.63, 3.8) is 0 Å². The molecule has 0 aromatic rings. The van der Waals surface area contributed by atoms with E-state index in [-0.39, 0.29) is 24.7 Å². The zero-order valence-corrected chi connectivity index (χ0v) is 27.1. The van der Waals surface area contributed by atoms with Crippen LogP contribution in [0.4, 0.5) is 13.2 Å². The highest BCUT2D eigenvalue weighted by Crippen LogP contribution is 2.38. The van der Waals surface area contributed by atoms with Crippen molar-refractivity contribution < 1.29 is 77.1 Å². The van der Waals surface area contributed by atoms with Gasteiger partial charge < -0.3 is 59.6 Å². The number of aliphatic hydroxyl groups is 5.